The number of hydrogen-bond donors (Lipinski definition) is 1. The van der Waals surface area contributed by atoms with Crippen molar-refractivity contribution < 1.29 is 4.74 Å². The van der Waals surface area contributed by atoms with E-state index >= 15 is 0 Å². The van der Waals surface area contributed by atoms with E-state index in [1.165, 1.54) is 24.0 Å². The minimum Gasteiger partial charge on any atom is -0.378 e. The first-order valence-corrected chi connectivity index (χ1v) is 7.04. The molecule has 0 amide bonds. The summed E-state index contributed by atoms with van der Waals surface area (Å²) in [5.74, 6) is 1.45. The van der Waals surface area contributed by atoms with Gasteiger partial charge in [-0.25, -0.2) is 4.99 Å². The first kappa shape index (κ1) is 15.6. The first-order valence-electron chi connectivity index (χ1n) is 7.04. The molecule has 2 aliphatic rings. The van der Waals surface area contributed by atoms with Gasteiger partial charge in [0.15, 0.2) is 5.96 Å². The lowest BCUT2D eigenvalue weighted by Gasteiger charge is -2.27. The highest BCUT2D eigenvalue weighted by molar-refractivity contribution is 14.0. The van der Waals surface area contributed by atoms with Crippen LogP contribution in [-0.4, -0.2) is 37.2 Å². The molecule has 1 aromatic carbocycles. The van der Waals surface area contributed by atoms with Crippen LogP contribution < -0.4 is 5.73 Å². The molecule has 0 atom stereocenters. The van der Waals surface area contributed by atoms with Crippen molar-refractivity contribution in [1.29, 1.82) is 0 Å². The Bertz CT molecular complexity index is 451. The Morgan fingerprint density at radius 1 is 1.20 bits per heavy atom. The van der Waals surface area contributed by atoms with E-state index in [1.807, 2.05) is 0 Å². The Labute approximate surface area is 137 Å². The molecule has 2 fully saturated rings. The van der Waals surface area contributed by atoms with Gasteiger partial charge in [-0.15, -0.1) is 24.0 Å². The van der Waals surface area contributed by atoms with Crippen LogP contribution in [0.2, 0.25) is 0 Å². The zero-order valence-electron chi connectivity index (χ0n) is 11.6. The molecular weight excluding hydrogens is 365 g/mol. The summed E-state index contributed by atoms with van der Waals surface area (Å²) in [5, 5.41) is 0. The maximum Gasteiger partial charge on any atom is 0.191 e. The number of ether oxygens (including phenoxy) is 1. The number of nitrogens with zero attached hydrogens (tertiary/aromatic N) is 2. The molecule has 0 unspecified atom stereocenters. The van der Waals surface area contributed by atoms with E-state index in [-0.39, 0.29) is 24.0 Å². The van der Waals surface area contributed by atoms with Crippen LogP contribution >= 0.6 is 24.0 Å². The molecule has 1 heterocycles. The summed E-state index contributed by atoms with van der Waals surface area (Å²) >= 11 is 0. The van der Waals surface area contributed by atoms with Gasteiger partial charge in [-0.3, -0.25) is 0 Å². The molecule has 1 saturated heterocycles. The Morgan fingerprint density at radius 3 is 2.45 bits per heavy atom. The van der Waals surface area contributed by atoms with Crippen molar-refractivity contribution in [3.05, 3.63) is 35.4 Å². The fourth-order valence-electron chi connectivity index (χ4n) is 2.38. The highest BCUT2D eigenvalue weighted by atomic mass is 127. The van der Waals surface area contributed by atoms with E-state index < -0.39 is 0 Å². The van der Waals surface area contributed by atoms with Crippen molar-refractivity contribution in [3.8, 4) is 0 Å². The van der Waals surface area contributed by atoms with Gasteiger partial charge in [0.05, 0.1) is 19.8 Å². The lowest BCUT2D eigenvalue weighted by Crippen LogP contribution is -2.44. The molecule has 1 saturated carbocycles. The summed E-state index contributed by atoms with van der Waals surface area (Å²) in [5.41, 5.74) is 8.69. The molecule has 0 radical (unpaired) electrons. The SMILES string of the molecule is I.NC(=NCc1ccc(C2CC2)cc1)N1CCOCC1. The van der Waals surface area contributed by atoms with E-state index in [1.54, 1.807) is 0 Å². The quantitative estimate of drug-likeness (QED) is 0.492. The van der Waals surface area contributed by atoms with Crippen LogP contribution in [0.1, 0.15) is 29.9 Å². The summed E-state index contributed by atoms with van der Waals surface area (Å²) in [6.07, 6.45) is 2.70. The van der Waals surface area contributed by atoms with Gasteiger partial charge in [0.2, 0.25) is 0 Å². The van der Waals surface area contributed by atoms with Crippen LogP contribution in [0.4, 0.5) is 0 Å². The molecule has 0 aromatic heterocycles. The van der Waals surface area contributed by atoms with Crippen LogP contribution in [0.15, 0.2) is 29.3 Å². The highest BCUT2D eigenvalue weighted by Crippen LogP contribution is 2.39. The fourth-order valence-corrected chi connectivity index (χ4v) is 2.38. The molecular formula is C15H22IN3O. The molecule has 1 aromatic rings. The van der Waals surface area contributed by atoms with E-state index in [2.05, 4.69) is 34.2 Å². The number of morpholine rings is 1. The van der Waals surface area contributed by atoms with E-state index in [9.17, 15) is 0 Å². The predicted octanol–water partition coefficient (Wildman–Crippen LogP) is 2.33. The van der Waals surface area contributed by atoms with E-state index in [0.29, 0.717) is 12.5 Å². The zero-order valence-corrected chi connectivity index (χ0v) is 14.0. The third-order valence-corrected chi connectivity index (χ3v) is 3.79. The normalized spacial score (nSPS) is 19.6. The number of halogens is 1. The minimum atomic E-state index is 0. The van der Waals surface area contributed by atoms with Gasteiger partial charge in [0, 0.05) is 13.1 Å². The molecule has 1 aliphatic carbocycles. The number of benzene rings is 1. The molecule has 2 N–H and O–H groups in total. The van der Waals surface area contributed by atoms with Crippen molar-refractivity contribution in [1.82, 2.24) is 4.90 Å². The minimum absolute atomic E-state index is 0. The monoisotopic (exact) mass is 387 g/mol. The van der Waals surface area contributed by atoms with Crippen LogP contribution in [0, 0.1) is 0 Å². The molecule has 0 bridgehead atoms. The fraction of sp³-hybridized carbons (Fsp3) is 0.533. The van der Waals surface area contributed by atoms with Crippen molar-refractivity contribution in [3.63, 3.8) is 0 Å². The highest BCUT2D eigenvalue weighted by Gasteiger charge is 2.22. The van der Waals surface area contributed by atoms with Crippen molar-refractivity contribution >= 4 is 29.9 Å². The van der Waals surface area contributed by atoms with Crippen LogP contribution in [0.5, 0.6) is 0 Å². The third kappa shape index (κ3) is 4.09. The van der Waals surface area contributed by atoms with Crippen molar-refractivity contribution in [2.24, 2.45) is 10.7 Å². The second-order valence-electron chi connectivity index (χ2n) is 5.29. The van der Waals surface area contributed by atoms with Gasteiger partial charge in [0.1, 0.15) is 0 Å². The van der Waals surface area contributed by atoms with Gasteiger partial charge in [-0.2, -0.15) is 0 Å². The first-order chi connectivity index (χ1) is 9.33. The molecule has 1 aliphatic heterocycles. The van der Waals surface area contributed by atoms with Crippen molar-refractivity contribution in [2.45, 2.75) is 25.3 Å². The molecule has 20 heavy (non-hydrogen) atoms. The van der Waals surface area contributed by atoms with Crippen molar-refractivity contribution in [2.75, 3.05) is 26.3 Å². The Hall–Kier alpha value is -0.820. The van der Waals surface area contributed by atoms with Crippen LogP contribution in [0.3, 0.4) is 0 Å². The van der Waals surface area contributed by atoms with Gasteiger partial charge in [0.25, 0.3) is 0 Å². The molecule has 0 spiro atoms. The number of rotatable bonds is 3. The maximum atomic E-state index is 6.00. The second-order valence-corrected chi connectivity index (χ2v) is 5.29. The summed E-state index contributed by atoms with van der Waals surface area (Å²) in [6, 6.07) is 8.80. The lowest BCUT2D eigenvalue weighted by molar-refractivity contribution is 0.0674. The second kappa shape index (κ2) is 7.26. The number of hydrogen-bond acceptors (Lipinski definition) is 2. The average Bonchev–Trinajstić information content (AvgIpc) is 3.31. The van der Waals surface area contributed by atoms with Gasteiger partial charge in [-0.05, 0) is 29.9 Å². The summed E-state index contributed by atoms with van der Waals surface area (Å²) in [4.78, 5) is 6.56. The Kier molecular flexibility index (Phi) is 5.65. The molecule has 3 rings (SSSR count). The van der Waals surface area contributed by atoms with Gasteiger partial charge < -0.3 is 15.4 Å². The van der Waals surface area contributed by atoms with E-state index in [4.69, 9.17) is 10.5 Å². The lowest BCUT2D eigenvalue weighted by atomic mass is 10.1. The van der Waals surface area contributed by atoms with Gasteiger partial charge >= 0.3 is 0 Å². The smallest absolute Gasteiger partial charge is 0.191 e. The average molecular weight is 387 g/mol. The zero-order chi connectivity index (χ0) is 13.1. The van der Waals surface area contributed by atoms with Crippen LogP contribution in [0.25, 0.3) is 0 Å². The maximum absolute atomic E-state index is 6.00. The standard InChI is InChI=1S/C15H21N3O.HI/c16-15(18-7-9-19-10-8-18)17-11-12-1-3-13(4-2-12)14-5-6-14;/h1-4,14H,5-11H2,(H2,16,17);1H. The summed E-state index contributed by atoms with van der Waals surface area (Å²) in [6.45, 7) is 3.83. The number of nitrogens with two attached hydrogens (primary N) is 1. The number of aliphatic imine (C=N–C) groups is 1. The topological polar surface area (TPSA) is 50.8 Å². The van der Waals surface area contributed by atoms with Gasteiger partial charge in [-0.1, -0.05) is 24.3 Å². The summed E-state index contributed by atoms with van der Waals surface area (Å²) in [7, 11) is 0. The Balaban J connectivity index is 0.00000147. The molecule has 110 valence electrons. The molecule has 5 heteroatoms. The predicted molar refractivity (Wildman–Crippen MR) is 91.6 cm³/mol. The molecule has 4 nitrogen and oxygen atoms in total. The largest absolute Gasteiger partial charge is 0.378 e. The summed E-state index contributed by atoms with van der Waals surface area (Å²) < 4.78 is 5.30. The Morgan fingerprint density at radius 2 is 1.85 bits per heavy atom. The van der Waals surface area contributed by atoms with Crippen LogP contribution in [-0.2, 0) is 11.3 Å². The third-order valence-electron chi connectivity index (χ3n) is 3.79. The number of guanidine groups is 1. The van der Waals surface area contributed by atoms with E-state index in [0.717, 1.165) is 32.2 Å².